The number of ether oxygens (including phenoxy) is 1. The first-order chi connectivity index (χ1) is 16.8. The van der Waals surface area contributed by atoms with E-state index in [0.717, 1.165) is 18.7 Å². The average Bonchev–Trinajstić information content (AvgIpc) is 2.81. The predicted molar refractivity (Wildman–Crippen MR) is 131 cm³/mol. The molecule has 0 saturated heterocycles. The van der Waals surface area contributed by atoms with Gasteiger partial charge in [0.25, 0.3) is 10.0 Å². The van der Waals surface area contributed by atoms with Gasteiger partial charge in [-0.1, -0.05) is 29.8 Å². The summed E-state index contributed by atoms with van der Waals surface area (Å²) >= 11 is 0. The molecule has 0 aliphatic rings. The van der Waals surface area contributed by atoms with Crippen LogP contribution < -0.4 is 9.62 Å². The Hall–Kier alpha value is -3.84. The van der Waals surface area contributed by atoms with E-state index in [0.29, 0.717) is 16.3 Å². The number of hydrogen-bond donors (Lipinski definition) is 1. The van der Waals surface area contributed by atoms with Crippen molar-refractivity contribution in [1.29, 1.82) is 0 Å². The number of sulfone groups is 1. The van der Waals surface area contributed by atoms with Crippen molar-refractivity contribution >= 4 is 37.8 Å². The smallest absolute Gasteiger partial charge is 0.339 e. The summed E-state index contributed by atoms with van der Waals surface area (Å²) in [6.45, 7) is 5.02. The van der Waals surface area contributed by atoms with Crippen molar-refractivity contribution in [3.05, 3.63) is 77.1 Å². The van der Waals surface area contributed by atoms with E-state index in [4.69, 9.17) is 0 Å². The van der Waals surface area contributed by atoms with E-state index in [9.17, 15) is 26.4 Å². The van der Waals surface area contributed by atoms with Gasteiger partial charge in [0.2, 0.25) is 5.95 Å². The monoisotopic (exact) mass is 532 g/mol. The first kappa shape index (κ1) is 26.8. The Labute approximate surface area is 209 Å². The van der Waals surface area contributed by atoms with Gasteiger partial charge in [0.05, 0.1) is 17.6 Å². The SMILES string of the molecule is COC(=O)c1ccccc1S(=O)(=O)NC(=O)N(CS(=O)(=O)c1ccc(C)cc1)c1nc(C)cc(C)n1. The van der Waals surface area contributed by atoms with Crippen LogP contribution in [0, 0.1) is 20.8 Å². The molecular formula is C23H24N4O7S2. The van der Waals surface area contributed by atoms with Crippen molar-refractivity contribution in [2.75, 3.05) is 17.9 Å². The lowest BCUT2D eigenvalue weighted by Crippen LogP contribution is -2.46. The molecule has 1 aromatic heterocycles. The highest BCUT2D eigenvalue weighted by atomic mass is 32.2. The normalized spacial score (nSPS) is 11.6. The van der Waals surface area contributed by atoms with Gasteiger partial charge in [0, 0.05) is 11.4 Å². The predicted octanol–water partition coefficient (Wildman–Crippen LogP) is 2.52. The molecule has 1 N–H and O–H groups in total. The molecule has 0 atom stereocenters. The van der Waals surface area contributed by atoms with Crippen LogP contribution in [0.3, 0.4) is 0 Å². The third-order valence-electron chi connectivity index (χ3n) is 4.94. The summed E-state index contributed by atoms with van der Waals surface area (Å²) in [5, 5.41) is 0. The third kappa shape index (κ3) is 6.04. The van der Waals surface area contributed by atoms with Crippen LogP contribution in [0.25, 0.3) is 0 Å². The Kier molecular flexibility index (Phi) is 7.74. The Bertz CT molecular complexity index is 1500. The van der Waals surface area contributed by atoms with E-state index in [2.05, 4.69) is 14.7 Å². The van der Waals surface area contributed by atoms with E-state index in [1.54, 1.807) is 39.0 Å². The lowest BCUT2D eigenvalue weighted by atomic mass is 10.2. The van der Waals surface area contributed by atoms with Crippen molar-refractivity contribution in [3.8, 4) is 0 Å². The lowest BCUT2D eigenvalue weighted by Gasteiger charge is -2.22. The van der Waals surface area contributed by atoms with Gasteiger partial charge in [-0.15, -0.1) is 0 Å². The quantitative estimate of drug-likeness (QED) is 0.452. The number of methoxy groups -OCH3 is 1. The molecule has 2 aromatic carbocycles. The number of nitrogens with one attached hydrogen (secondary N) is 1. The number of anilines is 1. The standard InChI is InChI=1S/C23H24N4O7S2/c1-15-9-11-18(12-10-15)35(30,31)14-27(22-24-16(2)13-17(3)25-22)23(29)26-36(32,33)20-8-6-5-7-19(20)21(28)34-4/h5-13H,14H2,1-4H3,(H,26,29). The average molecular weight is 533 g/mol. The Morgan fingerprint density at radius 3 is 2.08 bits per heavy atom. The van der Waals surface area contributed by atoms with Crippen LogP contribution in [0.15, 0.2) is 64.4 Å². The lowest BCUT2D eigenvalue weighted by molar-refractivity contribution is 0.0596. The van der Waals surface area contributed by atoms with Crippen LogP contribution in [0.1, 0.15) is 27.3 Å². The summed E-state index contributed by atoms with van der Waals surface area (Å²) < 4.78 is 58.8. The molecular weight excluding hydrogens is 508 g/mol. The molecule has 11 nitrogen and oxygen atoms in total. The van der Waals surface area contributed by atoms with Crippen LogP contribution in [-0.2, 0) is 24.6 Å². The molecule has 36 heavy (non-hydrogen) atoms. The van der Waals surface area contributed by atoms with Crippen LogP contribution in [0.2, 0.25) is 0 Å². The van der Waals surface area contributed by atoms with Crippen molar-refractivity contribution in [2.24, 2.45) is 0 Å². The summed E-state index contributed by atoms with van der Waals surface area (Å²) in [5.74, 6) is -2.18. The fourth-order valence-corrected chi connectivity index (χ4v) is 5.65. The van der Waals surface area contributed by atoms with Crippen LogP contribution >= 0.6 is 0 Å². The van der Waals surface area contributed by atoms with Gasteiger partial charge in [0.15, 0.2) is 9.84 Å². The maximum Gasteiger partial charge on any atom is 0.339 e. The van der Waals surface area contributed by atoms with Gasteiger partial charge in [-0.05, 0) is 51.1 Å². The molecule has 190 valence electrons. The van der Waals surface area contributed by atoms with Crippen molar-refractivity contribution in [1.82, 2.24) is 14.7 Å². The molecule has 2 amide bonds. The van der Waals surface area contributed by atoms with Gasteiger partial charge in [0.1, 0.15) is 10.8 Å². The number of benzene rings is 2. The number of carbonyl (C=O) groups excluding carboxylic acids is 2. The highest BCUT2D eigenvalue weighted by Gasteiger charge is 2.32. The van der Waals surface area contributed by atoms with Crippen molar-refractivity contribution in [2.45, 2.75) is 30.6 Å². The van der Waals surface area contributed by atoms with Crippen molar-refractivity contribution in [3.63, 3.8) is 0 Å². The number of aryl methyl sites for hydroxylation is 3. The Balaban J connectivity index is 2.04. The second-order valence-corrected chi connectivity index (χ2v) is 11.4. The third-order valence-corrected chi connectivity index (χ3v) is 7.91. The summed E-state index contributed by atoms with van der Waals surface area (Å²) in [7, 11) is -7.68. The number of carbonyl (C=O) groups is 2. The topological polar surface area (TPSA) is 153 Å². The summed E-state index contributed by atoms with van der Waals surface area (Å²) in [6.07, 6.45) is 0. The number of aromatic nitrogens is 2. The zero-order chi connectivity index (χ0) is 26.7. The number of sulfonamides is 1. The molecule has 1 heterocycles. The highest BCUT2D eigenvalue weighted by molar-refractivity contribution is 7.91. The van der Waals surface area contributed by atoms with Gasteiger partial charge < -0.3 is 4.74 Å². The fraction of sp³-hybridized carbons (Fsp3) is 0.217. The maximum absolute atomic E-state index is 13.2. The van der Waals surface area contributed by atoms with Crippen LogP contribution in [0.4, 0.5) is 10.7 Å². The number of rotatable bonds is 7. The maximum atomic E-state index is 13.2. The van der Waals surface area contributed by atoms with Crippen LogP contribution in [-0.4, -0.2) is 51.8 Å². The number of nitrogens with zero attached hydrogens (tertiary/aromatic N) is 3. The molecule has 3 rings (SSSR count). The molecule has 0 unspecified atom stereocenters. The molecule has 0 aliphatic carbocycles. The van der Waals surface area contributed by atoms with E-state index >= 15 is 0 Å². The summed E-state index contributed by atoms with van der Waals surface area (Å²) in [4.78, 5) is 33.6. The first-order valence-corrected chi connectivity index (χ1v) is 13.6. The van der Waals surface area contributed by atoms with Crippen molar-refractivity contribution < 1.29 is 31.2 Å². The first-order valence-electron chi connectivity index (χ1n) is 10.5. The van der Waals surface area contributed by atoms with Gasteiger partial charge in [-0.3, -0.25) is 0 Å². The zero-order valence-corrected chi connectivity index (χ0v) is 21.6. The second-order valence-electron chi connectivity index (χ2n) is 7.83. The highest BCUT2D eigenvalue weighted by Crippen LogP contribution is 2.20. The number of esters is 1. The zero-order valence-electron chi connectivity index (χ0n) is 19.9. The van der Waals surface area contributed by atoms with E-state index in [-0.39, 0.29) is 16.4 Å². The molecule has 0 aliphatic heterocycles. The van der Waals surface area contributed by atoms with E-state index in [1.165, 1.54) is 30.3 Å². The Morgan fingerprint density at radius 1 is 0.917 bits per heavy atom. The van der Waals surface area contributed by atoms with E-state index < -0.39 is 42.6 Å². The molecule has 3 aromatic rings. The summed E-state index contributed by atoms with van der Waals surface area (Å²) in [6, 6.07) is 11.4. The fourth-order valence-electron chi connectivity index (χ4n) is 3.23. The van der Waals surface area contributed by atoms with Crippen LogP contribution in [0.5, 0.6) is 0 Å². The number of urea groups is 1. The second kappa shape index (κ2) is 10.4. The minimum absolute atomic E-state index is 0.0748. The molecule has 13 heteroatoms. The molecule has 0 saturated carbocycles. The number of amides is 2. The van der Waals surface area contributed by atoms with Gasteiger partial charge in [-0.25, -0.2) is 46.0 Å². The van der Waals surface area contributed by atoms with Gasteiger partial charge in [-0.2, -0.15) is 0 Å². The van der Waals surface area contributed by atoms with Gasteiger partial charge >= 0.3 is 12.0 Å². The largest absolute Gasteiger partial charge is 0.465 e. The molecule has 0 fully saturated rings. The Morgan fingerprint density at radius 2 is 1.50 bits per heavy atom. The minimum Gasteiger partial charge on any atom is -0.465 e. The molecule has 0 spiro atoms. The number of hydrogen-bond acceptors (Lipinski definition) is 9. The summed E-state index contributed by atoms with van der Waals surface area (Å²) in [5.41, 5.74) is 1.39. The molecule has 0 bridgehead atoms. The minimum atomic E-state index is -4.64. The molecule has 0 radical (unpaired) electrons. The van der Waals surface area contributed by atoms with E-state index in [1.807, 2.05) is 4.72 Å².